The number of hydrogen-bond donors (Lipinski definition) is 1. The second kappa shape index (κ2) is 7.46. The van der Waals surface area contributed by atoms with Gasteiger partial charge in [-0.25, -0.2) is 0 Å². The van der Waals surface area contributed by atoms with Gasteiger partial charge in [0, 0.05) is 19.1 Å². The number of nitrogens with zero attached hydrogens (tertiary/aromatic N) is 1. The molecular weight excluding hydrogens is 224 g/mol. The molecule has 0 aromatic carbocycles. The van der Waals surface area contributed by atoms with E-state index in [9.17, 15) is 0 Å². The molecule has 1 aliphatic heterocycles. The summed E-state index contributed by atoms with van der Waals surface area (Å²) in [5, 5.41) is 0. The number of likely N-dealkylation sites (N-methyl/N-ethyl adjacent to an activating group) is 1. The Kier molecular flexibility index (Phi) is 5.93. The van der Waals surface area contributed by atoms with Gasteiger partial charge in [0.2, 0.25) is 0 Å². The number of ether oxygens (including phenoxy) is 1. The van der Waals surface area contributed by atoms with Crippen molar-refractivity contribution in [3.63, 3.8) is 0 Å². The van der Waals surface area contributed by atoms with E-state index >= 15 is 0 Å². The van der Waals surface area contributed by atoms with Crippen molar-refractivity contribution in [3.05, 3.63) is 0 Å². The fourth-order valence-electron chi connectivity index (χ4n) is 3.37. The second-order valence-electron chi connectivity index (χ2n) is 6.05. The highest BCUT2D eigenvalue weighted by Crippen LogP contribution is 2.28. The molecule has 106 valence electrons. The first-order valence-corrected chi connectivity index (χ1v) is 7.89. The van der Waals surface area contributed by atoms with Crippen molar-refractivity contribution in [1.82, 2.24) is 4.90 Å². The zero-order valence-corrected chi connectivity index (χ0v) is 11.9. The van der Waals surface area contributed by atoms with Gasteiger partial charge < -0.3 is 10.5 Å². The molecule has 1 saturated carbocycles. The van der Waals surface area contributed by atoms with Crippen LogP contribution in [0.4, 0.5) is 0 Å². The van der Waals surface area contributed by atoms with Gasteiger partial charge in [-0.15, -0.1) is 0 Å². The quantitative estimate of drug-likeness (QED) is 0.819. The van der Waals surface area contributed by atoms with Crippen molar-refractivity contribution >= 4 is 0 Å². The molecule has 2 N–H and O–H groups in total. The predicted molar refractivity (Wildman–Crippen MR) is 75.6 cm³/mol. The molecule has 3 nitrogen and oxygen atoms in total. The molecule has 0 aromatic heterocycles. The molecule has 1 aliphatic carbocycles. The first kappa shape index (κ1) is 14.3. The number of hydrogen-bond acceptors (Lipinski definition) is 3. The van der Waals surface area contributed by atoms with E-state index in [1.165, 1.54) is 38.5 Å². The highest BCUT2D eigenvalue weighted by molar-refractivity contribution is 4.81. The van der Waals surface area contributed by atoms with Crippen molar-refractivity contribution in [3.8, 4) is 0 Å². The lowest BCUT2D eigenvalue weighted by molar-refractivity contribution is -0.0406. The minimum atomic E-state index is 0.237. The van der Waals surface area contributed by atoms with Gasteiger partial charge in [0.25, 0.3) is 0 Å². The van der Waals surface area contributed by atoms with E-state index in [0.29, 0.717) is 0 Å². The fourth-order valence-corrected chi connectivity index (χ4v) is 3.37. The SMILES string of the molecule is CCN1CCOC(C(N)CCC2CCCCC2)C1. The first-order valence-electron chi connectivity index (χ1n) is 7.89. The van der Waals surface area contributed by atoms with Crippen molar-refractivity contribution in [2.75, 3.05) is 26.2 Å². The van der Waals surface area contributed by atoms with Crippen LogP contribution < -0.4 is 5.73 Å². The molecule has 2 aliphatic rings. The lowest BCUT2D eigenvalue weighted by Gasteiger charge is -2.35. The second-order valence-corrected chi connectivity index (χ2v) is 6.05. The summed E-state index contributed by atoms with van der Waals surface area (Å²) in [5.41, 5.74) is 6.33. The molecule has 18 heavy (non-hydrogen) atoms. The van der Waals surface area contributed by atoms with Gasteiger partial charge in [0.1, 0.15) is 0 Å². The topological polar surface area (TPSA) is 38.5 Å². The summed E-state index contributed by atoms with van der Waals surface area (Å²) in [7, 11) is 0. The molecule has 0 amide bonds. The van der Waals surface area contributed by atoms with Crippen LogP contribution in [0.1, 0.15) is 51.9 Å². The normalized spacial score (nSPS) is 29.3. The lowest BCUT2D eigenvalue weighted by atomic mass is 9.84. The van der Waals surface area contributed by atoms with E-state index in [4.69, 9.17) is 10.5 Å². The summed E-state index contributed by atoms with van der Waals surface area (Å²) in [4.78, 5) is 2.45. The van der Waals surface area contributed by atoms with Crippen LogP contribution in [0, 0.1) is 5.92 Å². The van der Waals surface area contributed by atoms with E-state index < -0.39 is 0 Å². The molecule has 1 saturated heterocycles. The Hall–Kier alpha value is -0.120. The Morgan fingerprint density at radius 3 is 2.78 bits per heavy atom. The maximum absolute atomic E-state index is 6.33. The van der Waals surface area contributed by atoms with Gasteiger partial charge >= 0.3 is 0 Å². The van der Waals surface area contributed by atoms with Crippen LogP contribution in [0.15, 0.2) is 0 Å². The summed E-state index contributed by atoms with van der Waals surface area (Å²) in [5.74, 6) is 0.940. The third kappa shape index (κ3) is 4.22. The van der Waals surface area contributed by atoms with Crippen molar-refractivity contribution in [2.45, 2.75) is 64.0 Å². The van der Waals surface area contributed by atoms with E-state index in [0.717, 1.165) is 38.6 Å². The highest BCUT2D eigenvalue weighted by Gasteiger charge is 2.25. The standard InChI is InChI=1S/C15H30N2O/c1-2-17-10-11-18-15(12-17)14(16)9-8-13-6-4-3-5-7-13/h13-15H,2-12,16H2,1H3. The van der Waals surface area contributed by atoms with E-state index in [1.807, 2.05) is 0 Å². The van der Waals surface area contributed by atoms with Gasteiger partial charge in [0.15, 0.2) is 0 Å². The Labute approximate surface area is 112 Å². The first-order chi connectivity index (χ1) is 8.79. The average Bonchev–Trinajstić information content (AvgIpc) is 2.46. The van der Waals surface area contributed by atoms with Crippen molar-refractivity contribution < 1.29 is 4.74 Å². The maximum Gasteiger partial charge on any atom is 0.0853 e. The summed E-state index contributed by atoms with van der Waals surface area (Å²) in [6, 6.07) is 0.237. The number of nitrogens with two attached hydrogens (primary N) is 1. The van der Waals surface area contributed by atoms with Gasteiger partial charge in [-0.05, 0) is 25.3 Å². The molecule has 3 heteroatoms. The molecule has 1 heterocycles. The molecule has 0 spiro atoms. The van der Waals surface area contributed by atoms with E-state index in [2.05, 4.69) is 11.8 Å². The molecule has 0 radical (unpaired) electrons. The van der Waals surface area contributed by atoms with Crippen LogP contribution in [0.3, 0.4) is 0 Å². The zero-order valence-electron chi connectivity index (χ0n) is 11.9. The molecule has 2 unspecified atom stereocenters. The van der Waals surface area contributed by atoms with Crippen LogP contribution >= 0.6 is 0 Å². The summed E-state index contributed by atoms with van der Waals surface area (Å²) >= 11 is 0. The lowest BCUT2D eigenvalue weighted by Crippen LogP contribution is -2.50. The Balaban J connectivity index is 1.68. The van der Waals surface area contributed by atoms with Gasteiger partial charge in [-0.2, -0.15) is 0 Å². The Morgan fingerprint density at radius 2 is 2.06 bits per heavy atom. The fraction of sp³-hybridized carbons (Fsp3) is 1.00. The third-order valence-corrected chi connectivity index (χ3v) is 4.74. The van der Waals surface area contributed by atoms with Crippen LogP contribution in [-0.2, 0) is 4.74 Å². The monoisotopic (exact) mass is 254 g/mol. The van der Waals surface area contributed by atoms with Crippen molar-refractivity contribution in [2.24, 2.45) is 11.7 Å². The summed E-state index contributed by atoms with van der Waals surface area (Å²) in [6.07, 6.45) is 9.90. The Morgan fingerprint density at radius 1 is 1.28 bits per heavy atom. The summed E-state index contributed by atoms with van der Waals surface area (Å²) < 4.78 is 5.85. The third-order valence-electron chi connectivity index (χ3n) is 4.74. The number of morpholine rings is 1. The molecule has 2 atom stereocenters. The number of rotatable bonds is 5. The smallest absolute Gasteiger partial charge is 0.0853 e. The summed E-state index contributed by atoms with van der Waals surface area (Å²) in [6.45, 7) is 6.30. The molecule has 0 aromatic rings. The molecule has 2 fully saturated rings. The van der Waals surface area contributed by atoms with Gasteiger partial charge in [-0.3, -0.25) is 4.90 Å². The van der Waals surface area contributed by atoms with Gasteiger partial charge in [-0.1, -0.05) is 39.0 Å². The Bertz CT molecular complexity index is 229. The van der Waals surface area contributed by atoms with Crippen LogP contribution in [-0.4, -0.2) is 43.3 Å². The molecule has 2 rings (SSSR count). The molecule has 0 bridgehead atoms. The van der Waals surface area contributed by atoms with Crippen LogP contribution in [0.2, 0.25) is 0 Å². The zero-order chi connectivity index (χ0) is 12.8. The van der Waals surface area contributed by atoms with Crippen LogP contribution in [0.25, 0.3) is 0 Å². The highest BCUT2D eigenvalue weighted by atomic mass is 16.5. The van der Waals surface area contributed by atoms with E-state index in [-0.39, 0.29) is 12.1 Å². The predicted octanol–water partition coefficient (Wildman–Crippen LogP) is 2.39. The van der Waals surface area contributed by atoms with E-state index in [1.54, 1.807) is 0 Å². The molecular formula is C15H30N2O. The van der Waals surface area contributed by atoms with Crippen molar-refractivity contribution in [1.29, 1.82) is 0 Å². The van der Waals surface area contributed by atoms with Crippen LogP contribution in [0.5, 0.6) is 0 Å². The maximum atomic E-state index is 6.33. The average molecular weight is 254 g/mol. The van der Waals surface area contributed by atoms with Gasteiger partial charge in [0.05, 0.1) is 12.7 Å². The largest absolute Gasteiger partial charge is 0.374 e. The minimum Gasteiger partial charge on any atom is -0.374 e. The minimum absolute atomic E-state index is 0.237.